The molecule has 1 saturated heterocycles. The molecule has 1 heterocycles. The fraction of sp³-hybridized carbons (Fsp3) is 0.909. The number of amides is 1. The minimum Gasteiger partial charge on any atom is -0.379 e. The zero-order valence-corrected chi connectivity index (χ0v) is 10.1. The van der Waals surface area contributed by atoms with Crippen molar-refractivity contribution in [1.82, 2.24) is 10.2 Å². The van der Waals surface area contributed by atoms with Crippen LogP contribution in [0.2, 0.25) is 0 Å². The highest BCUT2D eigenvalue weighted by Crippen LogP contribution is 1.96. The quantitative estimate of drug-likeness (QED) is 0.648. The fourth-order valence-corrected chi connectivity index (χ4v) is 1.63. The van der Waals surface area contributed by atoms with E-state index in [1.807, 2.05) is 6.92 Å². The van der Waals surface area contributed by atoms with Crippen molar-refractivity contribution in [2.24, 2.45) is 5.73 Å². The van der Waals surface area contributed by atoms with Crippen molar-refractivity contribution in [3.8, 4) is 0 Å². The van der Waals surface area contributed by atoms with Crippen LogP contribution in [0.1, 0.15) is 19.8 Å². The van der Waals surface area contributed by atoms with Crippen LogP contribution in [0.25, 0.3) is 0 Å². The lowest BCUT2D eigenvalue weighted by molar-refractivity contribution is -0.121. The number of carbonyl (C=O) groups is 1. The lowest BCUT2D eigenvalue weighted by Crippen LogP contribution is -2.42. The van der Waals surface area contributed by atoms with Gasteiger partial charge in [0.2, 0.25) is 5.91 Å². The van der Waals surface area contributed by atoms with Crippen molar-refractivity contribution in [2.45, 2.75) is 25.8 Å². The van der Waals surface area contributed by atoms with Crippen LogP contribution in [0, 0.1) is 0 Å². The molecule has 0 spiro atoms. The first-order valence-corrected chi connectivity index (χ1v) is 6.04. The third-order valence-corrected chi connectivity index (χ3v) is 2.83. The Morgan fingerprint density at radius 3 is 2.81 bits per heavy atom. The first-order chi connectivity index (χ1) is 7.72. The molecule has 94 valence electrons. The molecule has 0 bridgehead atoms. The van der Waals surface area contributed by atoms with Crippen LogP contribution in [0.3, 0.4) is 0 Å². The van der Waals surface area contributed by atoms with E-state index >= 15 is 0 Å². The molecule has 1 atom stereocenters. The molecule has 5 nitrogen and oxygen atoms in total. The molecule has 0 aromatic rings. The zero-order chi connectivity index (χ0) is 11.8. The van der Waals surface area contributed by atoms with Gasteiger partial charge in [0.1, 0.15) is 0 Å². The summed E-state index contributed by atoms with van der Waals surface area (Å²) in [5.41, 5.74) is 5.70. The van der Waals surface area contributed by atoms with Crippen molar-refractivity contribution in [1.29, 1.82) is 0 Å². The highest BCUT2D eigenvalue weighted by molar-refractivity contribution is 5.76. The number of morpholine rings is 1. The smallest absolute Gasteiger partial charge is 0.221 e. The summed E-state index contributed by atoms with van der Waals surface area (Å²) in [6.07, 6.45) is 1.27. The van der Waals surface area contributed by atoms with Gasteiger partial charge in [-0.1, -0.05) is 6.92 Å². The molecule has 0 radical (unpaired) electrons. The van der Waals surface area contributed by atoms with Crippen molar-refractivity contribution in [2.75, 3.05) is 39.4 Å². The van der Waals surface area contributed by atoms with Gasteiger partial charge in [0.25, 0.3) is 0 Å². The lowest BCUT2D eigenvalue weighted by Gasteiger charge is -2.26. The van der Waals surface area contributed by atoms with Gasteiger partial charge in [0.05, 0.1) is 13.2 Å². The molecule has 1 rings (SSSR count). The van der Waals surface area contributed by atoms with Gasteiger partial charge in [-0.25, -0.2) is 0 Å². The van der Waals surface area contributed by atoms with E-state index in [2.05, 4.69) is 10.2 Å². The molecule has 1 aliphatic rings. The standard InChI is InChI=1S/C11H23N3O2/c1-2-10(12)9-11(15)13-3-4-14-5-7-16-8-6-14/h10H,2-9,12H2,1H3,(H,13,15). The van der Waals surface area contributed by atoms with Gasteiger partial charge in [-0.05, 0) is 6.42 Å². The van der Waals surface area contributed by atoms with Gasteiger partial charge in [-0.15, -0.1) is 0 Å². The largest absolute Gasteiger partial charge is 0.379 e. The molecule has 16 heavy (non-hydrogen) atoms. The van der Waals surface area contributed by atoms with Crippen LogP contribution in [-0.2, 0) is 9.53 Å². The SMILES string of the molecule is CCC(N)CC(=O)NCCN1CCOCC1. The van der Waals surface area contributed by atoms with Crippen LogP contribution in [0.5, 0.6) is 0 Å². The number of ether oxygens (including phenoxy) is 1. The Balaban J connectivity index is 2.03. The molecule has 1 aliphatic heterocycles. The Kier molecular flexibility index (Phi) is 6.37. The van der Waals surface area contributed by atoms with Crippen molar-refractivity contribution >= 4 is 5.91 Å². The Labute approximate surface area is 97.3 Å². The minimum atomic E-state index is -0.0108. The summed E-state index contributed by atoms with van der Waals surface area (Å²) in [6, 6.07) is -0.0108. The Hall–Kier alpha value is -0.650. The molecule has 0 saturated carbocycles. The average Bonchev–Trinajstić information content (AvgIpc) is 2.30. The summed E-state index contributed by atoms with van der Waals surface area (Å²) in [5, 5.41) is 2.89. The van der Waals surface area contributed by atoms with Crippen molar-refractivity contribution in [3.05, 3.63) is 0 Å². The highest BCUT2D eigenvalue weighted by Gasteiger charge is 2.11. The second-order valence-electron chi connectivity index (χ2n) is 4.18. The summed E-state index contributed by atoms with van der Waals surface area (Å²) in [7, 11) is 0. The maximum absolute atomic E-state index is 11.4. The van der Waals surface area contributed by atoms with E-state index in [-0.39, 0.29) is 11.9 Å². The number of carbonyl (C=O) groups excluding carboxylic acids is 1. The topological polar surface area (TPSA) is 67.6 Å². The predicted octanol–water partition coefficient (Wildman–Crippen LogP) is -0.438. The van der Waals surface area contributed by atoms with Crippen LogP contribution in [0.4, 0.5) is 0 Å². The molecule has 0 aromatic carbocycles. The van der Waals surface area contributed by atoms with Crippen molar-refractivity contribution in [3.63, 3.8) is 0 Å². The van der Waals surface area contributed by atoms with E-state index in [0.717, 1.165) is 39.3 Å². The Morgan fingerprint density at radius 1 is 1.50 bits per heavy atom. The van der Waals surface area contributed by atoms with Gasteiger partial charge >= 0.3 is 0 Å². The second kappa shape index (κ2) is 7.60. The average molecular weight is 229 g/mol. The molecule has 3 N–H and O–H groups in total. The van der Waals surface area contributed by atoms with Gasteiger partial charge in [0.15, 0.2) is 0 Å². The molecular formula is C11H23N3O2. The fourth-order valence-electron chi connectivity index (χ4n) is 1.63. The number of hydrogen-bond donors (Lipinski definition) is 2. The van der Waals surface area contributed by atoms with E-state index in [1.54, 1.807) is 0 Å². The monoisotopic (exact) mass is 229 g/mol. The summed E-state index contributed by atoms with van der Waals surface area (Å²) in [6.45, 7) is 7.12. The first-order valence-electron chi connectivity index (χ1n) is 6.04. The molecule has 1 unspecified atom stereocenters. The molecular weight excluding hydrogens is 206 g/mol. The maximum atomic E-state index is 11.4. The number of nitrogens with zero attached hydrogens (tertiary/aromatic N) is 1. The number of nitrogens with two attached hydrogens (primary N) is 1. The molecule has 0 aliphatic carbocycles. The summed E-state index contributed by atoms with van der Waals surface area (Å²) < 4.78 is 5.25. The third-order valence-electron chi connectivity index (χ3n) is 2.83. The number of nitrogens with one attached hydrogen (secondary N) is 1. The van der Waals surface area contributed by atoms with E-state index in [0.29, 0.717) is 13.0 Å². The van der Waals surface area contributed by atoms with Crippen molar-refractivity contribution < 1.29 is 9.53 Å². The van der Waals surface area contributed by atoms with E-state index in [9.17, 15) is 4.79 Å². The van der Waals surface area contributed by atoms with Crippen LogP contribution < -0.4 is 11.1 Å². The predicted molar refractivity (Wildman–Crippen MR) is 63.2 cm³/mol. The van der Waals surface area contributed by atoms with Crippen LogP contribution in [0.15, 0.2) is 0 Å². The summed E-state index contributed by atoms with van der Waals surface area (Å²) >= 11 is 0. The van der Waals surface area contributed by atoms with Gasteiger partial charge in [-0.3, -0.25) is 9.69 Å². The zero-order valence-electron chi connectivity index (χ0n) is 10.1. The second-order valence-corrected chi connectivity index (χ2v) is 4.18. The van der Waals surface area contributed by atoms with Crippen LogP contribution in [-0.4, -0.2) is 56.2 Å². The van der Waals surface area contributed by atoms with Gasteiger partial charge < -0.3 is 15.8 Å². The minimum absolute atomic E-state index is 0.0108. The Bertz CT molecular complexity index is 205. The number of rotatable bonds is 6. The Morgan fingerprint density at radius 2 is 2.19 bits per heavy atom. The molecule has 5 heteroatoms. The van der Waals surface area contributed by atoms with E-state index in [4.69, 9.17) is 10.5 Å². The molecule has 1 amide bonds. The summed E-state index contributed by atoms with van der Waals surface area (Å²) in [5.74, 6) is 0.0580. The van der Waals surface area contributed by atoms with E-state index < -0.39 is 0 Å². The normalized spacial score (nSPS) is 19.4. The molecule has 0 aromatic heterocycles. The van der Waals surface area contributed by atoms with Gasteiger partial charge in [0, 0.05) is 38.6 Å². The van der Waals surface area contributed by atoms with E-state index in [1.165, 1.54) is 0 Å². The number of hydrogen-bond acceptors (Lipinski definition) is 4. The van der Waals surface area contributed by atoms with Crippen LogP contribution >= 0.6 is 0 Å². The van der Waals surface area contributed by atoms with Gasteiger partial charge in [-0.2, -0.15) is 0 Å². The molecule has 1 fully saturated rings. The third kappa shape index (κ3) is 5.44. The first kappa shape index (κ1) is 13.4. The highest BCUT2D eigenvalue weighted by atomic mass is 16.5. The lowest BCUT2D eigenvalue weighted by atomic mass is 10.1. The summed E-state index contributed by atoms with van der Waals surface area (Å²) in [4.78, 5) is 13.7. The maximum Gasteiger partial charge on any atom is 0.221 e.